The number of anilines is 1. The van der Waals surface area contributed by atoms with Gasteiger partial charge in [0.2, 0.25) is 0 Å². The quantitative estimate of drug-likeness (QED) is 0.826. The molecule has 5 nitrogen and oxygen atoms in total. The number of rotatable bonds is 3. The minimum Gasteiger partial charge on any atom is -0.478 e. The molecule has 0 saturated carbocycles. The maximum Gasteiger partial charge on any atom is 0.339 e. The first kappa shape index (κ1) is 10.9. The molecule has 0 spiro atoms. The van der Waals surface area contributed by atoms with E-state index in [0.717, 1.165) is 25.2 Å². The maximum absolute atomic E-state index is 11.0. The number of carboxylic acids is 1. The van der Waals surface area contributed by atoms with Gasteiger partial charge < -0.3 is 14.7 Å². The molecule has 0 amide bonds. The second kappa shape index (κ2) is 4.49. The van der Waals surface area contributed by atoms with Gasteiger partial charge in [-0.15, -0.1) is 0 Å². The van der Waals surface area contributed by atoms with Gasteiger partial charge in [0.25, 0.3) is 0 Å². The van der Waals surface area contributed by atoms with Gasteiger partial charge in [0.15, 0.2) is 0 Å². The van der Waals surface area contributed by atoms with Crippen molar-refractivity contribution >= 4 is 11.7 Å². The van der Waals surface area contributed by atoms with Crippen LogP contribution in [0.3, 0.4) is 0 Å². The van der Waals surface area contributed by atoms with Crippen molar-refractivity contribution in [3.05, 3.63) is 24.0 Å². The van der Waals surface area contributed by atoms with Crippen LogP contribution in [0, 0.1) is 0 Å². The van der Waals surface area contributed by atoms with Crippen molar-refractivity contribution in [2.75, 3.05) is 25.1 Å². The molecule has 1 aliphatic rings. The lowest BCUT2D eigenvalue weighted by atomic mass is 10.2. The van der Waals surface area contributed by atoms with Gasteiger partial charge in [-0.2, -0.15) is 0 Å². The Bertz CT molecular complexity index is 395. The first-order valence-electron chi connectivity index (χ1n) is 5.17. The number of ether oxygens (including phenoxy) is 1. The molecular weight excluding hydrogens is 208 g/mol. The summed E-state index contributed by atoms with van der Waals surface area (Å²) < 4.78 is 5.26. The highest BCUT2D eigenvalue weighted by Crippen LogP contribution is 2.24. The zero-order valence-corrected chi connectivity index (χ0v) is 9.09. The van der Waals surface area contributed by atoms with Gasteiger partial charge in [0.05, 0.1) is 11.8 Å². The summed E-state index contributed by atoms with van der Waals surface area (Å²) in [6.45, 7) is 1.56. The van der Waals surface area contributed by atoms with Crippen LogP contribution in [-0.4, -0.2) is 42.4 Å². The molecule has 0 aliphatic carbocycles. The van der Waals surface area contributed by atoms with E-state index in [1.165, 1.54) is 6.20 Å². The van der Waals surface area contributed by atoms with Crippen LogP contribution in [-0.2, 0) is 4.74 Å². The molecule has 0 radical (unpaired) electrons. The predicted molar refractivity (Wildman–Crippen MR) is 58.8 cm³/mol. The fourth-order valence-corrected chi connectivity index (χ4v) is 1.97. The SMILES string of the molecule is COC1CCN(c2ccncc2C(=O)O)C1. The Balaban J connectivity index is 2.24. The molecule has 1 unspecified atom stereocenters. The Morgan fingerprint density at radius 3 is 3.12 bits per heavy atom. The molecule has 2 rings (SSSR count). The van der Waals surface area contributed by atoms with E-state index in [4.69, 9.17) is 9.84 Å². The molecule has 1 fully saturated rings. The van der Waals surface area contributed by atoms with E-state index in [2.05, 4.69) is 4.98 Å². The lowest BCUT2D eigenvalue weighted by Crippen LogP contribution is -2.24. The molecule has 2 heterocycles. The Labute approximate surface area is 93.7 Å². The first-order valence-corrected chi connectivity index (χ1v) is 5.17. The van der Waals surface area contributed by atoms with Gasteiger partial charge in [-0.05, 0) is 12.5 Å². The van der Waals surface area contributed by atoms with Crippen molar-refractivity contribution in [1.29, 1.82) is 0 Å². The summed E-state index contributed by atoms with van der Waals surface area (Å²) >= 11 is 0. The van der Waals surface area contributed by atoms with Crippen molar-refractivity contribution < 1.29 is 14.6 Å². The number of nitrogens with zero attached hydrogens (tertiary/aromatic N) is 2. The largest absolute Gasteiger partial charge is 0.478 e. The lowest BCUT2D eigenvalue weighted by Gasteiger charge is -2.19. The standard InChI is InChI=1S/C11H14N2O3/c1-16-8-3-5-13(7-8)10-2-4-12-6-9(10)11(14)15/h2,4,6,8H,3,5,7H2,1H3,(H,14,15). The molecule has 1 atom stereocenters. The lowest BCUT2D eigenvalue weighted by molar-refractivity contribution is 0.0697. The minimum atomic E-state index is -0.941. The predicted octanol–water partition coefficient (Wildman–Crippen LogP) is 1.00. The van der Waals surface area contributed by atoms with E-state index in [0.29, 0.717) is 0 Å². The summed E-state index contributed by atoms with van der Waals surface area (Å²) in [6, 6.07) is 1.74. The van der Waals surface area contributed by atoms with Crippen LogP contribution >= 0.6 is 0 Å². The highest BCUT2D eigenvalue weighted by molar-refractivity contribution is 5.94. The number of carboxylic acid groups (broad SMARTS) is 1. The smallest absolute Gasteiger partial charge is 0.339 e. The molecular formula is C11H14N2O3. The fourth-order valence-electron chi connectivity index (χ4n) is 1.97. The number of carbonyl (C=O) groups is 1. The van der Waals surface area contributed by atoms with Crippen molar-refractivity contribution in [1.82, 2.24) is 4.98 Å². The third kappa shape index (κ3) is 1.99. The van der Waals surface area contributed by atoms with Crippen LogP contribution in [0.15, 0.2) is 18.5 Å². The normalized spacial score (nSPS) is 20.1. The monoisotopic (exact) mass is 222 g/mol. The summed E-state index contributed by atoms with van der Waals surface area (Å²) in [5, 5.41) is 9.05. The van der Waals surface area contributed by atoms with Crippen molar-refractivity contribution in [2.24, 2.45) is 0 Å². The summed E-state index contributed by atoms with van der Waals surface area (Å²) in [5.41, 5.74) is 0.973. The molecule has 1 aliphatic heterocycles. The number of pyridine rings is 1. The molecule has 1 aromatic rings. The van der Waals surface area contributed by atoms with Crippen molar-refractivity contribution in [2.45, 2.75) is 12.5 Å². The van der Waals surface area contributed by atoms with Gasteiger partial charge in [-0.3, -0.25) is 4.98 Å². The van der Waals surface area contributed by atoms with Crippen molar-refractivity contribution in [3.63, 3.8) is 0 Å². The second-order valence-electron chi connectivity index (χ2n) is 3.79. The molecule has 1 saturated heterocycles. The van der Waals surface area contributed by atoms with Crippen LogP contribution < -0.4 is 4.90 Å². The van der Waals surface area contributed by atoms with Crippen LogP contribution in [0.1, 0.15) is 16.8 Å². The molecule has 5 heteroatoms. The fraction of sp³-hybridized carbons (Fsp3) is 0.455. The zero-order chi connectivity index (χ0) is 11.5. The van der Waals surface area contributed by atoms with Gasteiger partial charge in [-0.1, -0.05) is 0 Å². The molecule has 1 N–H and O–H groups in total. The van der Waals surface area contributed by atoms with E-state index in [9.17, 15) is 4.79 Å². The van der Waals surface area contributed by atoms with Gasteiger partial charge in [-0.25, -0.2) is 4.79 Å². The number of hydrogen-bond donors (Lipinski definition) is 1. The van der Waals surface area contributed by atoms with Gasteiger partial charge >= 0.3 is 5.97 Å². The molecule has 86 valence electrons. The maximum atomic E-state index is 11.0. The van der Waals surface area contributed by atoms with E-state index in [1.807, 2.05) is 4.90 Å². The number of methoxy groups -OCH3 is 1. The summed E-state index contributed by atoms with van der Waals surface area (Å²) in [5.74, 6) is -0.941. The summed E-state index contributed by atoms with van der Waals surface area (Å²) in [6.07, 6.45) is 4.12. The van der Waals surface area contributed by atoms with Crippen LogP contribution in [0.4, 0.5) is 5.69 Å². The number of hydrogen-bond acceptors (Lipinski definition) is 4. The Morgan fingerprint density at radius 1 is 1.69 bits per heavy atom. The Morgan fingerprint density at radius 2 is 2.50 bits per heavy atom. The average molecular weight is 222 g/mol. The van der Waals surface area contributed by atoms with E-state index >= 15 is 0 Å². The van der Waals surface area contributed by atoms with E-state index in [-0.39, 0.29) is 11.7 Å². The average Bonchev–Trinajstić information content (AvgIpc) is 2.77. The molecule has 16 heavy (non-hydrogen) atoms. The van der Waals surface area contributed by atoms with E-state index in [1.54, 1.807) is 19.4 Å². The second-order valence-corrected chi connectivity index (χ2v) is 3.79. The molecule has 0 aromatic carbocycles. The number of aromatic nitrogens is 1. The Hall–Kier alpha value is -1.62. The van der Waals surface area contributed by atoms with Gasteiger partial charge in [0.1, 0.15) is 5.56 Å². The van der Waals surface area contributed by atoms with Crippen LogP contribution in [0.2, 0.25) is 0 Å². The molecule has 1 aromatic heterocycles. The van der Waals surface area contributed by atoms with E-state index < -0.39 is 5.97 Å². The van der Waals surface area contributed by atoms with Crippen LogP contribution in [0.5, 0.6) is 0 Å². The first-order chi connectivity index (χ1) is 7.72. The third-order valence-electron chi connectivity index (χ3n) is 2.85. The molecule has 0 bridgehead atoms. The highest BCUT2D eigenvalue weighted by Gasteiger charge is 2.25. The van der Waals surface area contributed by atoms with Crippen molar-refractivity contribution in [3.8, 4) is 0 Å². The van der Waals surface area contributed by atoms with Gasteiger partial charge in [0, 0.05) is 32.6 Å². The minimum absolute atomic E-state index is 0.190. The van der Waals surface area contributed by atoms with Crippen LogP contribution in [0.25, 0.3) is 0 Å². The Kier molecular flexibility index (Phi) is 3.05. The zero-order valence-electron chi connectivity index (χ0n) is 9.09. The third-order valence-corrected chi connectivity index (χ3v) is 2.85. The summed E-state index contributed by atoms with van der Waals surface area (Å²) in [4.78, 5) is 16.9. The highest BCUT2D eigenvalue weighted by atomic mass is 16.5. The number of aromatic carboxylic acids is 1. The topological polar surface area (TPSA) is 62.7 Å². The summed E-state index contributed by atoms with van der Waals surface area (Å²) in [7, 11) is 1.68.